The van der Waals surface area contributed by atoms with Crippen molar-refractivity contribution < 1.29 is 17.9 Å². The van der Waals surface area contributed by atoms with Crippen molar-refractivity contribution in [2.75, 3.05) is 7.11 Å². The average Bonchev–Trinajstić information content (AvgIpc) is 2.51. The van der Waals surface area contributed by atoms with Gasteiger partial charge in [0.2, 0.25) is 5.88 Å². The lowest BCUT2D eigenvalue weighted by atomic mass is 10.0. The molecule has 0 amide bonds. The van der Waals surface area contributed by atoms with E-state index in [1.165, 1.54) is 7.11 Å². The van der Waals surface area contributed by atoms with Gasteiger partial charge in [0.25, 0.3) is 0 Å². The van der Waals surface area contributed by atoms with E-state index < -0.39 is 11.7 Å². The number of fused-ring (bicyclic) bond motifs is 3. The van der Waals surface area contributed by atoms with E-state index in [1.807, 2.05) is 13.8 Å². The number of rotatable bonds is 2. The third kappa shape index (κ3) is 2.58. The zero-order chi connectivity index (χ0) is 16.8. The topological polar surface area (TPSA) is 35.0 Å². The van der Waals surface area contributed by atoms with Crippen LogP contribution >= 0.6 is 0 Å². The van der Waals surface area contributed by atoms with Crippen LogP contribution < -0.4 is 4.74 Å². The minimum atomic E-state index is -4.51. The molecule has 23 heavy (non-hydrogen) atoms. The molecule has 0 spiro atoms. The zero-order valence-electron chi connectivity index (χ0n) is 12.9. The number of pyridine rings is 2. The molecule has 0 saturated heterocycles. The summed E-state index contributed by atoms with van der Waals surface area (Å²) in [5, 5.41) is 0.486. The van der Waals surface area contributed by atoms with Gasteiger partial charge < -0.3 is 4.74 Å². The molecule has 0 aliphatic carbocycles. The predicted molar refractivity (Wildman–Crippen MR) is 82.7 cm³/mol. The summed E-state index contributed by atoms with van der Waals surface area (Å²) in [6.07, 6.45) is -4.51. The standard InChI is InChI=1S/C17H15F3N2O/c1-9(2)13-8-11(17(18,19)20)14-15(21-13)10-6-4-5-7-12(10)22-16(14)23-3/h4-9H,1-3H3. The highest BCUT2D eigenvalue weighted by Crippen LogP contribution is 2.41. The molecular weight excluding hydrogens is 305 g/mol. The Morgan fingerprint density at radius 2 is 1.78 bits per heavy atom. The Bertz CT molecular complexity index is 888. The summed E-state index contributed by atoms with van der Waals surface area (Å²) in [5.74, 6) is -0.188. The van der Waals surface area contributed by atoms with Crippen molar-refractivity contribution >= 4 is 21.8 Å². The van der Waals surface area contributed by atoms with E-state index in [1.54, 1.807) is 24.3 Å². The number of para-hydroxylation sites is 1. The quantitative estimate of drug-likeness (QED) is 0.628. The summed E-state index contributed by atoms with van der Waals surface area (Å²) < 4.78 is 45.8. The molecule has 1 aromatic carbocycles. The molecule has 0 aliphatic rings. The van der Waals surface area contributed by atoms with Crippen LogP contribution in [0.2, 0.25) is 0 Å². The molecule has 0 unspecified atom stereocenters. The van der Waals surface area contributed by atoms with Gasteiger partial charge in [0.15, 0.2) is 0 Å². The summed E-state index contributed by atoms with van der Waals surface area (Å²) in [7, 11) is 1.31. The van der Waals surface area contributed by atoms with Gasteiger partial charge in [-0.15, -0.1) is 0 Å². The van der Waals surface area contributed by atoms with Gasteiger partial charge in [-0.3, -0.25) is 4.98 Å². The molecule has 0 atom stereocenters. The van der Waals surface area contributed by atoms with Crippen LogP contribution in [0.25, 0.3) is 21.8 Å². The lowest BCUT2D eigenvalue weighted by molar-refractivity contribution is -0.136. The van der Waals surface area contributed by atoms with Crippen LogP contribution in [0.3, 0.4) is 0 Å². The number of alkyl halides is 3. The summed E-state index contributed by atoms with van der Waals surface area (Å²) >= 11 is 0. The largest absolute Gasteiger partial charge is 0.480 e. The number of nitrogens with zero attached hydrogens (tertiary/aromatic N) is 2. The molecule has 6 heteroatoms. The van der Waals surface area contributed by atoms with Crippen molar-refractivity contribution in [2.24, 2.45) is 0 Å². The van der Waals surface area contributed by atoms with E-state index in [9.17, 15) is 13.2 Å². The van der Waals surface area contributed by atoms with E-state index >= 15 is 0 Å². The number of hydrogen-bond donors (Lipinski definition) is 0. The first-order valence-corrected chi connectivity index (χ1v) is 7.17. The number of benzene rings is 1. The maximum absolute atomic E-state index is 13.6. The SMILES string of the molecule is COc1nc2ccccc2c2nc(C(C)C)cc(C(F)(F)F)c12. The van der Waals surface area contributed by atoms with Crippen LogP contribution in [0.5, 0.6) is 5.88 Å². The van der Waals surface area contributed by atoms with Gasteiger partial charge >= 0.3 is 6.18 Å². The van der Waals surface area contributed by atoms with Gasteiger partial charge in [0.05, 0.1) is 29.1 Å². The molecule has 120 valence electrons. The lowest BCUT2D eigenvalue weighted by Crippen LogP contribution is -2.10. The van der Waals surface area contributed by atoms with Gasteiger partial charge in [-0.25, -0.2) is 4.98 Å². The van der Waals surface area contributed by atoms with Crippen LogP contribution in [0, 0.1) is 0 Å². The second-order valence-corrected chi connectivity index (χ2v) is 5.61. The minimum Gasteiger partial charge on any atom is -0.480 e. The zero-order valence-corrected chi connectivity index (χ0v) is 12.9. The fraction of sp³-hybridized carbons (Fsp3) is 0.294. The van der Waals surface area contributed by atoms with Crippen molar-refractivity contribution in [3.8, 4) is 5.88 Å². The van der Waals surface area contributed by atoms with E-state index in [4.69, 9.17) is 4.74 Å². The molecular formula is C17H15F3N2O. The normalized spacial score (nSPS) is 12.3. The molecule has 3 nitrogen and oxygen atoms in total. The number of ether oxygens (including phenoxy) is 1. The lowest BCUT2D eigenvalue weighted by Gasteiger charge is -2.17. The van der Waals surface area contributed by atoms with Crippen molar-refractivity contribution in [3.63, 3.8) is 0 Å². The van der Waals surface area contributed by atoms with Crippen molar-refractivity contribution in [2.45, 2.75) is 25.9 Å². The monoisotopic (exact) mass is 320 g/mol. The number of methoxy groups -OCH3 is 1. The summed E-state index contributed by atoms with van der Waals surface area (Å²) in [5.41, 5.74) is 0.453. The third-order valence-electron chi connectivity index (χ3n) is 3.72. The van der Waals surface area contributed by atoms with Gasteiger partial charge in [-0.1, -0.05) is 32.0 Å². The Labute approximate surface area is 131 Å². The molecule has 2 heterocycles. The molecule has 0 fully saturated rings. The van der Waals surface area contributed by atoms with Crippen LogP contribution in [-0.4, -0.2) is 17.1 Å². The summed E-state index contributed by atoms with van der Waals surface area (Å²) in [6.45, 7) is 3.63. The number of aromatic nitrogens is 2. The second kappa shape index (κ2) is 5.37. The van der Waals surface area contributed by atoms with Gasteiger partial charge in [0, 0.05) is 11.1 Å². The molecule has 0 aliphatic heterocycles. The Morgan fingerprint density at radius 3 is 2.39 bits per heavy atom. The van der Waals surface area contributed by atoms with Gasteiger partial charge in [0.1, 0.15) is 0 Å². The van der Waals surface area contributed by atoms with Crippen LogP contribution in [0.4, 0.5) is 13.2 Å². The maximum atomic E-state index is 13.6. The molecule has 3 rings (SSSR count). The van der Waals surface area contributed by atoms with Crippen LogP contribution in [-0.2, 0) is 6.18 Å². The molecule has 0 N–H and O–H groups in total. The second-order valence-electron chi connectivity index (χ2n) is 5.61. The van der Waals surface area contributed by atoms with Gasteiger partial charge in [-0.2, -0.15) is 13.2 Å². The first-order valence-electron chi connectivity index (χ1n) is 7.17. The smallest absolute Gasteiger partial charge is 0.417 e. The first-order chi connectivity index (χ1) is 10.8. The van der Waals surface area contributed by atoms with E-state index in [0.717, 1.165) is 6.07 Å². The average molecular weight is 320 g/mol. The first kappa shape index (κ1) is 15.5. The van der Waals surface area contributed by atoms with E-state index in [2.05, 4.69) is 9.97 Å². The Balaban J connectivity index is 2.57. The molecule has 0 radical (unpaired) electrons. The van der Waals surface area contributed by atoms with Crippen molar-refractivity contribution in [1.29, 1.82) is 0 Å². The highest BCUT2D eigenvalue weighted by molar-refractivity contribution is 6.06. The molecule has 0 saturated carbocycles. The summed E-state index contributed by atoms with van der Waals surface area (Å²) in [6, 6.07) is 8.08. The fourth-order valence-corrected chi connectivity index (χ4v) is 2.58. The molecule has 3 aromatic rings. The van der Waals surface area contributed by atoms with Crippen LogP contribution in [0.1, 0.15) is 31.0 Å². The van der Waals surface area contributed by atoms with Crippen molar-refractivity contribution in [1.82, 2.24) is 9.97 Å². The van der Waals surface area contributed by atoms with E-state index in [-0.39, 0.29) is 22.7 Å². The highest BCUT2D eigenvalue weighted by Gasteiger charge is 2.35. The maximum Gasteiger partial charge on any atom is 0.417 e. The molecule has 0 bridgehead atoms. The van der Waals surface area contributed by atoms with Crippen molar-refractivity contribution in [3.05, 3.63) is 41.6 Å². The fourth-order valence-electron chi connectivity index (χ4n) is 2.58. The number of halogens is 3. The van der Waals surface area contributed by atoms with Crippen LogP contribution in [0.15, 0.2) is 30.3 Å². The predicted octanol–water partition coefficient (Wildman–Crippen LogP) is 4.93. The van der Waals surface area contributed by atoms with Gasteiger partial charge in [-0.05, 0) is 18.1 Å². The Morgan fingerprint density at radius 1 is 1.09 bits per heavy atom. The summed E-state index contributed by atoms with van der Waals surface area (Å²) in [4.78, 5) is 8.67. The number of hydrogen-bond acceptors (Lipinski definition) is 3. The Hall–Kier alpha value is -2.37. The minimum absolute atomic E-state index is 0.0613. The third-order valence-corrected chi connectivity index (χ3v) is 3.72. The molecule has 2 aromatic heterocycles. The Kier molecular flexibility index (Phi) is 3.62. The van der Waals surface area contributed by atoms with E-state index in [0.29, 0.717) is 16.6 Å². The highest BCUT2D eigenvalue weighted by atomic mass is 19.4.